The van der Waals surface area contributed by atoms with E-state index in [1.54, 1.807) is 12.1 Å². The van der Waals surface area contributed by atoms with Crippen LogP contribution < -0.4 is 5.32 Å². The highest BCUT2D eigenvalue weighted by Crippen LogP contribution is 2.45. The first-order valence-electron chi connectivity index (χ1n) is 5.52. The van der Waals surface area contributed by atoms with E-state index in [2.05, 4.69) is 15.3 Å². The first kappa shape index (κ1) is 11.5. The van der Waals surface area contributed by atoms with Crippen molar-refractivity contribution < 1.29 is 17.6 Å². The summed E-state index contributed by atoms with van der Waals surface area (Å²) >= 11 is 0. The average molecular weight is 257 g/mol. The summed E-state index contributed by atoms with van der Waals surface area (Å²) in [6, 6.07) is 3.16. The number of aromatic nitrogens is 2. The van der Waals surface area contributed by atoms with E-state index in [1.807, 2.05) is 0 Å². The van der Waals surface area contributed by atoms with Crippen molar-refractivity contribution in [2.45, 2.75) is 18.0 Å². The number of nitrogens with zero attached hydrogens (tertiary/aromatic N) is 2. The van der Waals surface area contributed by atoms with E-state index in [9.17, 15) is 13.2 Å². The standard InChI is InChI=1S/C11H10F3N3O/c12-11(13,14)10(3-5-15-6-10)9-17-8-7(18-9)2-1-4-16-8/h1-2,4,15H,3,5-6H2. The fourth-order valence-corrected chi connectivity index (χ4v) is 2.21. The van der Waals surface area contributed by atoms with Crippen molar-refractivity contribution in [3.63, 3.8) is 0 Å². The molecule has 3 heterocycles. The largest absolute Gasteiger partial charge is 0.438 e. The predicted molar refractivity (Wildman–Crippen MR) is 57.0 cm³/mol. The van der Waals surface area contributed by atoms with Crippen LogP contribution in [0, 0.1) is 0 Å². The molecule has 0 radical (unpaired) electrons. The number of hydrogen-bond donors (Lipinski definition) is 1. The summed E-state index contributed by atoms with van der Waals surface area (Å²) in [5, 5.41) is 2.72. The Morgan fingerprint density at radius 3 is 2.83 bits per heavy atom. The van der Waals surface area contributed by atoms with Crippen molar-refractivity contribution in [3.05, 3.63) is 24.2 Å². The second-order valence-electron chi connectivity index (χ2n) is 4.35. The predicted octanol–water partition coefficient (Wildman–Crippen LogP) is 2.02. The quantitative estimate of drug-likeness (QED) is 0.849. The summed E-state index contributed by atoms with van der Waals surface area (Å²) in [6.45, 7) is 0.0922. The van der Waals surface area contributed by atoms with E-state index in [0.29, 0.717) is 6.54 Å². The van der Waals surface area contributed by atoms with Crippen LogP contribution in [-0.2, 0) is 5.41 Å². The fraction of sp³-hybridized carbons (Fsp3) is 0.455. The maximum absolute atomic E-state index is 13.3. The summed E-state index contributed by atoms with van der Waals surface area (Å²) < 4.78 is 45.1. The Bertz CT molecular complexity index is 539. The van der Waals surface area contributed by atoms with Gasteiger partial charge in [-0.15, -0.1) is 0 Å². The molecule has 2 aromatic rings. The lowest BCUT2D eigenvalue weighted by molar-refractivity contribution is -0.190. The van der Waals surface area contributed by atoms with E-state index >= 15 is 0 Å². The fourth-order valence-electron chi connectivity index (χ4n) is 2.21. The molecule has 1 atom stereocenters. The molecule has 1 aliphatic rings. The number of rotatable bonds is 1. The highest BCUT2D eigenvalue weighted by molar-refractivity contribution is 5.67. The molecule has 3 rings (SSSR count). The van der Waals surface area contributed by atoms with Gasteiger partial charge in [0, 0.05) is 12.7 Å². The first-order chi connectivity index (χ1) is 8.53. The zero-order valence-corrected chi connectivity index (χ0v) is 9.29. The molecule has 1 saturated heterocycles. The average Bonchev–Trinajstić information content (AvgIpc) is 2.95. The van der Waals surface area contributed by atoms with Gasteiger partial charge in [-0.05, 0) is 25.1 Å². The zero-order valence-electron chi connectivity index (χ0n) is 9.29. The highest BCUT2D eigenvalue weighted by Gasteiger charge is 2.60. The normalized spacial score (nSPS) is 24.8. The number of pyridine rings is 1. The van der Waals surface area contributed by atoms with Crippen LogP contribution >= 0.6 is 0 Å². The number of alkyl halides is 3. The molecule has 4 nitrogen and oxygen atoms in total. The zero-order chi connectivity index (χ0) is 12.8. The molecule has 1 fully saturated rings. The Morgan fingerprint density at radius 2 is 2.22 bits per heavy atom. The third-order valence-electron chi connectivity index (χ3n) is 3.27. The van der Waals surface area contributed by atoms with Crippen molar-refractivity contribution in [2.75, 3.05) is 13.1 Å². The summed E-state index contributed by atoms with van der Waals surface area (Å²) in [5.41, 5.74) is -1.54. The van der Waals surface area contributed by atoms with Gasteiger partial charge in [0.15, 0.2) is 16.6 Å². The molecular weight excluding hydrogens is 247 g/mol. The van der Waals surface area contributed by atoms with Crippen molar-refractivity contribution in [3.8, 4) is 0 Å². The van der Waals surface area contributed by atoms with Crippen molar-refractivity contribution >= 4 is 11.2 Å². The summed E-state index contributed by atoms with van der Waals surface area (Å²) in [6.07, 6.45) is -2.98. The SMILES string of the molecule is FC(F)(F)C1(c2nc3ncccc3o2)CCNC1. The number of nitrogens with one attached hydrogen (secondary N) is 1. The van der Waals surface area contributed by atoms with Gasteiger partial charge >= 0.3 is 6.18 Å². The second kappa shape index (κ2) is 3.68. The summed E-state index contributed by atoms with van der Waals surface area (Å²) in [4.78, 5) is 7.79. The molecule has 1 N–H and O–H groups in total. The minimum absolute atomic E-state index is 0.0661. The lowest BCUT2D eigenvalue weighted by Crippen LogP contribution is -2.44. The number of halogens is 3. The Balaban J connectivity index is 2.16. The lowest BCUT2D eigenvalue weighted by Gasteiger charge is -2.27. The minimum atomic E-state index is -4.39. The Morgan fingerprint density at radius 1 is 1.39 bits per heavy atom. The molecule has 1 unspecified atom stereocenters. The molecule has 18 heavy (non-hydrogen) atoms. The molecule has 0 saturated carbocycles. The van der Waals surface area contributed by atoms with Gasteiger partial charge < -0.3 is 9.73 Å². The molecule has 0 bridgehead atoms. The van der Waals surface area contributed by atoms with Gasteiger partial charge in [-0.1, -0.05) is 0 Å². The molecule has 96 valence electrons. The van der Waals surface area contributed by atoms with Gasteiger partial charge in [-0.3, -0.25) is 0 Å². The molecule has 0 amide bonds. The van der Waals surface area contributed by atoms with Gasteiger partial charge in [0.25, 0.3) is 0 Å². The van der Waals surface area contributed by atoms with E-state index < -0.39 is 11.6 Å². The van der Waals surface area contributed by atoms with E-state index in [1.165, 1.54) is 6.20 Å². The Kier molecular flexibility index (Phi) is 2.34. The molecule has 0 spiro atoms. The van der Waals surface area contributed by atoms with E-state index in [4.69, 9.17) is 4.42 Å². The maximum atomic E-state index is 13.3. The maximum Gasteiger partial charge on any atom is 0.404 e. The van der Waals surface area contributed by atoms with Crippen LogP contribution in [0.15, 0.2) is 22.7 Å². The van der Waals surface area contributed by atoms with Gasteiger partial charge in [-0.25, -0.2) is 4.98 Å². The van der Waals surface area contributed by atoms with E-state index in [0.717, 1.165) is 0 Å². The monoisotopic (exact) mass is 257 g/mol. The molecule has 0 aliphatic carbocycles. The number of fused-ring (bicyclic) bond motifs is 1. The molecule has 2 aromatic heterocycles. The van der Waals surface area contributed by atoms with Crippen molar-refractivity contribution in [1.82, 2.24) is 15.3 Å². The second-order valence-corrected chi connectivity index (χ2v) is 4.35. The van der Waals surface area contributed by atoms with Gasteiger partial charge in [0.1, 0.15) is 0 Å². The molecular formula is C11H10F3N3O. The molecule has 0 aromatic carbocycles. The Labute approximate surface area is 100 Å². The van der Waals surface area contributed by atoms with Crippen LogP contribution in [0.3, 0.4) is 0 Å². The first-order valence-corrected chi connectivity index (χ1v) is 5.52. The van der Waals surface area contributed by atoms with Crippen LogP contribution in [0.25, 0.3) is 11.2 Å². The lowest BCUT2D eigenvalue weighted by atomic mass is 9.86. The minimum Gasteiger partial charge on any atom is -0.438 e. The van der Waals surface area contributed by atoms with Crippen molar-refractivity contribution in [2.24, 2.45) is 0 Å². The topological polar surface area (TPSA) is 51.0 Å². The number of oxazole rings is 1. The third kappa shape index (κ3) is 1.50. The smallest absolute Gasteiger partial charge is 0.404 e. The van der Waals surface area contributed by atoms with Crippen LogP contribution in [0.4, 0.5) is 13.2 Å². The van der Waals surface area contributed by atoms with Gasteiger partial charge in [0.2, 0.25) is 5.89 Å². The van der Waals surface area contributed by atoms with Crippen LogP contribution in [0.5, 0.6) is 0 Å². The van der Waals surface area contributed by atoms with Crippen molar-refractivity contribution in [1.29, 1.82) is 0 Å². The number of hydrogen-bond acceptors (Lipinski definition) is 4. The highest BCUT2D eigenvalue weighted by atomic mass is 19.4. The third-order valence-corrected chi connectivity index (χ3v) is 3.27. The summed E-state index contributed by atoms with van der Waals surface area (Å²) in [7, 11) is 0. The Hall–Kier alpha value is -1.63. The van der Waals surface area contributed by atoms with Gasteiger partial charge in [0.05, 0.1) is 0 Å². The van der Waals surface area contributed by atoms with Crippen LogP contribution in [0.1, 0.15) is 12.3 Å². The molecule has 1 aliphatic heterocycles. The van der Waals surface area contributed by atoms with Crippen LogP contribution in [0.2, 0.25) is 0 Å². The molecule has 7 heteroatoms. The summed E-state index contributed by atoms with van der Waals surface area (Å²) in [5.74, 6) is -0.297. The van der Waals surface area contributed by atoms with E-state index in [-0.39, 0.29) is 30.1 Å². The van der Waals surface area contributed by atoms with Gasteiger partial charge in [-0.2, -0.15) is 18.2 Å². The van der Waals surface area contributed by atoms with Crippen LogP contribution in [-0.4, -0.2) is 29.2 Å².